The summed E-state index contributed by atoms with van der Waals surface area (Å²) in [6, 6.07) is 5.16. The van der Waals surface area contributed by atoms with Crippen molar-refractivity contribution in [2.24, 2.45) is 5.92 Å². The van der Waals surface area contributed by atoms with Gasteiger partial charge in [-0.3, -0.25) is 4.79 Å². The van der Waals surface area contributed by atoms with E-state index in [-0.39, 0.29) is 11.9 Å². The Hall–Kier alpha value is -1.91. The van der Waals surface area contributed by atoms with Crippen molar-refractivity contribution in [3.8, 4) is 11.5 Å². The smallest absolute Gasteiger partial charge is 0.242 e. The summed E-state index contributed by atoms with van der Waals surface area (Å²) < 4.78 is 10.4. The first kappa shape index (κ1) is 16.1. The molecule has 0 spiro atoms. The molecule has 1 aromatic carbocycles. The van der Waals surface area contributed by atoms with Crippen LogP contribution in [-0.2, 0) is 4.79 Å². The van der Waals surface area contributed by atoms with Gasteiger partial charge < -0.3 is 20.1 Å². The average molecular weight is 280 g/mol. The molecule has 0 fully saturated rings. The minimum Gasteiger partial charge on any atom is -0.493 e. The molecule has 0 aromatic heterocycles. The Morgan fingerprint density at radius 2 is 1.80 bits per heavy atom. The number of carbonyl (C=O) groups excluding carboxylic acids is 1. The predicted molar refractivity (Wildman–Crippen MR) is 80.5 cm³/mol. The quantitative estimate of drug-likeness (QED) is 0.804. The molecular formula is C15H24N2O3. The van der Waals surface area contributed by atoms with Gasteiger partial charge in [-0.15, -0.1) is 0 Å². The van der Waals surface area contributed by atoms with Crippen LogP contribution < -0.4 is 20.1 Å². The van der Waals surface area contributed by atoms with Crippen LogP contribution in [0.25, 0.3) is 0 Å². The van der Waals surface area contributed by atoms with Gasteiger partial charge in [0.25, 0.3) is 0 Å². The number of ether oxygens (including phenoxy) is 2. The molecule has 5 nitrogen and oxygen atoms in total. The summed E-state index contributed by atoms with van der Waals surface area (Å²) >= 11 is 0. The number of hydrogen-bond acceptors (Lipinski definition) is 4. The molecule has 0 heterocycles. The van der Waals surface area contributed by atoms with Gasteiger partial charge in [0, 0.05) is 18.3 Å². The van der Waals surface area contributed by atoms with E-state index in [9.17, 15) is 4.79 Å². The molecule has 1 rings (SSSR count). The molecule has 0 aliphatic heterocycles. The van der Waals surface area contributed by atoms with E-state index in [2.05, 4.69) is 24.5 Å². The zero-order valence-corrected chi connectivity index (χ0v) is 12.8. The number of rotatable bonds is 7. The lowest BCUT2D eigenvalue weighted by atomic mass is 10.2. The molecule has 0 aliphatic carbocycles. The first-order chi connectivity index (χ1) is 9.47. The van der Waals surface area contributed by atoms with Crippen molar-refractivity contribution in [2.75, 3.05) is 26.1 Å². The standard InChI is InChI=1S/C15H24N2O3/c1-10(2)9-16-15(18)11(3)17-12-6-7-13(19-4)14(8-12)20-5/h6-8,10-11,17H,9H2,1-5H3,(H,16,18). The SMILES string of the molecule is COc1ccc(NC(C)C(=O)NCC(C)C)cc1OC. The van der Waals surface area contributed by atoms with Gasteiger partial charge >= 0.3 is 0 Å². The maximum absolute atomic E-state index is 11.9. The van der Waals surface area contributed by atoms with Gasteiger partial charge in [0.05, 0.1) is 14.2 Å². The highest BCUT2D eigenvalue weighted by Gasteiger charge is 2.13. The Morgan fingerprint density at radius 3 is 2.35 bits per heavy atom. The van der Waals surface area contributed by atoms with Crippen LogP contribution in [0.3, 0.4) is 0 Å². The topological polar surface area (TPSA) is 59.6 Å². The highest BCUT2D eigenvalue weighted by atomic mass is 16.5. The van der Waals surface area contributed by atoms with Gasteiger partial charge in [0.15, 0.2) is 11.5 Å². The maximum atomic E-state index is 11.9. The fourth-order valence-electron chi connectivity index (χ4n) is 1.70. The summed E-state index contributed by atoms with van der Waals surface area (Å²) in [6.07, 6.45) is 0. The van der Waals surface area contributed by atoms with E-state index >= 15 is 0 Å². The van der Waals surface area contributed by atoms with Crippen LogP contribution in [-0.4, -0.2) is 32.7 Å². The highest BCUT2D eigenvalue weighted by molar-refractivity contribution is 5.84. The van der Waals surface area contributed by atoms with E-state index < -0.39 is 0 Å². The Labute approximate surface area is 120 Å². The molecule has 0 saturated heterocycles. The third-order valence-electron chi connectivity index (χ3n) is 2.84. The largest absolute Gasteiger partial charge is 0.493 e. The van der Waals surface area contributed by atoms with Crippen LogP contribution in [0.1, 0.15) is 20.8 Å². The van der Waals surface area contributed by atoms with Gasteiger partial charge in [-0.25, -0.2) is 0 Å². The molecule has 0 bridgehead atoms. The minimum atomic E-state index is -0.313. The summed E-state index contributed by atoms with van der Waals surface area (Å²) in [4.78, 5) is 11.9. The van der Waals surface area contributed by atoms with Crippen LogP contribution in [0.2, 0.25) is 0 Å². The lowest BCUT2D eigenvalue weighted by Crippen LogP contribution is -2.39. The van der Waals surface area contributed by atoms with Crippen molar-refractivity contribution in [1.29, 1.82) is 0 Å². The van der Waals surface area contributed by atoms with E-state index in [0.29, 0.717) is 24.0 Å². The van der Waals surface area contributed by atoms with Gasteiger partial charge in [0.1, 0.15) is 6.04 Å². The Bertz CT molecular complexity index is 447. The number of methoxy groups -OCH3 is 2. The molecular weight excluding hydrogens is 256 g/mol. The molecule has 1 aromatic rings. The summed E-state index contributed by atoms with van der Waals surface area (Å²) in [6.45, 7) is 6.63. The van der Waals surface area contributed by atoms with Crippen molar-refractivity contribution in [2.45, 2.75) is 26.8 Å². The van der Waals surface area contributed by atoms with E-state index in [0.717, 1.165) is 5.69 Å². The van der Waals surface area contributed by atoms with Gasteiger partial charge in [-0.1, -0.05) is 13.8 Å². The summed E-state index contributed by atoms with van der Waals surface area (Å²) in [5.74, 6) is 1.71. The first-order valence-corrected chi connectivity index (χ1v) is 6.74. The fourth-order valence-corrected chi connectivity index (χ4v) is 1.70. The maximum Gasteiger partial charge on any atom is 0.242 e. The second-order valence-corrected chi connectivity index (χ2v) is 5.07. The highest BCUT2D eigenvalue weighted by Crippen LogP contribution is 2.29. The second kappa shape index (κ2) is 7.62. The Balaban J connectivity index is 2.65. The lowest BCUT2D eigenvalue weighted by molar-refractivity contribution is -0.121. The second-order valence-electron chi connectivity index (χ2n) is 5.07. The first-order valence-electron chi connectivity index (χ1n) is 6.74. The Morgan fingerprint density at radius 1 is 1.15 bits per heavy atom. The third-order valence-corrected chi connectivity index (χ3v) is 2.84. The summed E-state index contributed by atoms with van der Waals surface area (Å²) in [5, 5.41) is 6.04. The predicted octanol–water partition coefficient (Wildman–Crippen LogP) is 2.28. The van der Waals surface area contributed by atoms with Crippen LogP contribution in [0.5, 0.6) is 11.5 Å². The van der Waals surface area contributed by atoms with Crippen LogP contribution in [0.15, 0.2) is 18.2 Å². The molecule has 5 heteroatoms. The van der Waals surface area contributed by atoms with Gasteiger partial charge in [-0.05, 0) is 25.0 Å². The molecule has 2 N–H and O–H groups in total. The molecule has 0 aliphatic rings. The fraction of sp³-hybridized carbons (Fsp3) is 0.533. The van der Waals surface area contributed by atoms with E-state index in [1.165, 1.54) is 0 Å². The van der Waals surface area contributed by atoms with Crippen molar-refractivity contribution >= 4 is 11.6 Å². The molecule has 20 heavy (non-hydrogen) atoms. The number of amides is 1. The molecule has 0 radical (unpaired) electrons. The normalized spacial score (nSPS) is 11.9. The van der Waals surface area contributed by atoms with Crippen LogP contribution >= 0.6 is 0 Å². The zero-order valence-electron chi connectivity index (χ0n) is 12.8. The van der Waals surface area contributed by atoms with Crippen molar-refractivity contribution in [3.63, 3.8) is 0 Å². The number of nitrogens with one attached hydrogen (secondary N) is 2. The van der Waals surface area contributed by atoms with Crippen molar-refractivity contribution in [1.82, 2.24) is 5.32 Å². The monoisotopic (exact) mass is 280 g/mol. The van der Waals surface area contributed by atoms with Crippen molar-refractivity contribution in [3.05, 3.63) is 18.2 Å². The van der Waals surface area contributed by atoms with Crippen molar-refractivity contribution < 1.29 is 14.3 Å². The number of benzene rings is 1. The molecule has 1 amide bonds. The third kappa shape index (κ3) is 4.64. The molecule has 112 valence electrons. The number of hydrogen-bond donors (Lipinski definition) is 2. The zero-order chi connectivity index (χ0) is 15.1. The molecule has 0 saturated carbocycles. The number of carbonyl (C=O) groups is 1. The van der Waals surface area contributed by atoms with Gasteiger partial charge in [0.2, 0.25) is 5.91 Å². The Kier molecular flexibility index (Phi) is 6.15. The molecule has 1 unspecified atom stereocenters. The van der Waals surface area contributed by atoms with Crippen LogP contribution in [0.4, 0.5) is 5.69 Å². The lowest BCUT2D eigenvalue weighted by Gasteiger charge is -2.17. The van der Waals surface area contributed by atoms with E-state index in [1.807, 2.05) is 19.1 Å². The van der Waals surface area contributed by atoms with Crippen LogP contribution in [0, 0.1) is 5.92 Å². The van der Waals surface area contributed by atoms with E-state index in [4.69, 9.17) is 9.47 Å². The summed E-state index contributed by atoms with van der Waals surface area (Å²) in [7, 11) is 3.17. The minimum absolute atomic E-state index is 0.0199. The molecule has 1 atom stereocenters. The van der Waals surface area contributed by atoms with Gasteiger partial charge in [-0.2, -0.15) is 0 Å². The van der Waals surface area contributed by atoms with E-state index in [1.54, 1.807) is 20.3 Å². The average Bonchev–Trinajstić information content (AvgIpc) is 2.44. The number of anilines is 1. The summed E-state index contributed by atoms with van der Waals surface area (Å²) in [5.41, 5.74) is 0.815.